The smallest absolute Gasteiger partial charge is 0.287 e. The molecule has 1 aliphatic carbocycles. The monoisotopic (exact) mass is 349 g/mol. The Morgan fingerprint density at radius 3 is 2.77 bits per heavy atom. The summed E-state index contributed by atoms with van der Waals surface area (Å²) in [5, 5.41) is 14.9. The molecule has 7 nitrogen and oxygen atoms in total. The molecule has 1 saturated carbocycles. The summed E-state index contributed by atoms with van der Waals surface area (Å²) in [7, 11) is 0. The Bertz CT molecular complexity index is 920. The highest BCUT2D eigenvalue weighted by atomic mass is 16.2. The number of carbonyl (C=O) groups excluding carboxylic acids is 2. The number of nitrogens with zero attached hydrogens (tertiary/aromatic N) is 3. The Kier molecular flexibility index (Phi) is 4.17. The quantitative estimate of drug-likeness (QED) is 0.884. The maximum absolute atomic E-state index is 12.8. The lowest BCUT2D eigenvalue weighted by Gasteiger charge is -2.17. The van der Waals surface area contributed by atoms with Crippen LogP contribution < -0.4 is 10.6 Å². The summed E-state index contributed by atoms with van der Waals surface area (Å²) >= 11 is 0. The molecule has 0 spiro atoms. The van der Waals surface area contributed by atoms with Crippen molar-refractivity contribution in [2.75, 3.05) is 5.32 Å². The van der Waals surface area contributed by atoms with Gasteiger partial charge in [-0.1, -0.05) is 12.1 Å². The lowest BCUT2D eigenvalue weighted by Crippen LogP contribution is -2.29. The molecule has 7 heteroatoms. The fraction of sp³-hybridized carbons (Fsp3) is 0.368. The van der Waals surface area contributed by atoms with Crippen LogP contribution in [0.3, 0.4) is 0 Å². The fourth-order valence-corrected chi connectivity index (χ4v) is 3.25. The van der Waals surface area contributed by atoms with Gasteiger partial charge in [-0.2, -0.15) is 5.26 Å². The van der Waals surface area contributed by atoms with Gasteiger partial charge in [0.05, 0.1) is 16.9 Å². The highest BCUT2D eigenvalue weighted by Gasteiger charge is 2.30. The van der Waals surface area contributed by atoms with E-state index in [0.29, 0.717) is 30.0 Å². The van der Waals surface area contributed by atoms with Crippen LogP contribution in [0.5, 0.6) is 0 Å². The van der Waals surface area contributed by atoms with Crippen LogP contribution in [0.1, 0.15) is 58.0 Å². The van der Waals surface area contributed by atoms with Crippen molar-refractivity contribution in [3.05, 3.63) is 47.0 Å². The van der Waals surface area contributed by atoms with E-state index in [-0.39, 0.29) is 23.6 Å². The summed E-state index contributed by atoms with van der Waals surface area (Å²) in [5.41, 5.74) is 1.91. The summed E-state index contributed by atoms with van der Waals surface area (Å²) < 4.78 is 1.87. The Balaban J connectivity index is 1.65. The molecule has 2 heterocycles. The van der Waals surface area contributed by atoms with Gasteiger partial charge in [-0.05, 0) is 44.2 Å². The molecule has 1 fully saturated rings. The fourth-order valence-electron chi connectivity index (χ4n) is 3.25. The number of amides is 2. The molecular weight excluding hydrogens is 330 g/mol. The predicted octanol–water partition coefficient (Wildman–Crippen LogP) is 2.24. The summed E-state index contributed by atoms with van der Waals surface area (Å²) in [4.78, 5) is 29.7. The summed E-state index contributed by atoms with van der Waals surface area (Å²) in [6.45, 7) is 0.692. The lowest BCUT2D eigenvalue weighted by atomic mass is 10.1. The van der Waals surface area contributed by atoms with Gasteiger partial charge in [0.25, 0.3) is 11.8 Å². The van der Waals surface area contributed by atoms with Crippen LogP contribution in [0.4, 0.5) is 5.69 Å². The number of rotatable bonds is 4. The summed E-state index contributed by atoms with van der Waals surface area (Å²) in [5.74, 6) is -0.290. The van der Waals surface area contributed by atoms with E-state index in [0.717, 1.165) is 31.4 Å². The molecule has 0 unspecified atom stereocenters. The van der Waals surface area contributed by atoms with Crippen molar-refractivity contribution >= 4 is 17.5 Å². The molecule has 0 bridgehead atoms. The van der Waals surface area contributed by atoms with Gasteiger partial charge in [-0.15, -0.1) is 0 Å². The summed E-state index contributed by atoms with van der Waals surface area (Å²) in [6.07, 6.45) is 4.64. The molecule has 2 amide bonds. The van der Waals surface area contributed by atoms with Gasteiger partial charge in [0.1, 0.15) is 6.07 Å². The molecule has 26 heavy (non-hydrogen) atoms. The van der Waals surface area contributed by atoms with E-state index < -0.39 is 0 Å². The zero-order chi connectivity index (χ0) is 18.1. The molecule has 1 aliphatic heterocycles. The number of anilines is 1. The number of fused-ring (bicyclic) bond motifs is 1. The zero-order valence-electron chi connectivity index (χ0n) is 14.3. The Morgan fingerprint density at radius 2 is 2.00 bits per heavy atom. The standard InChI is InChI=1S/C19H19N5O2/c20-11-12-5-1-2-6-14(12)22-18(25)16-15-7-3-4-10-24(15)17(23-16)19(26)21-13-8-9-13/h1-2,5-6,13H,3-4,7-10H2,(H,21,26)(H,22,25). The number of aromatic nitrogens is 2. The van der Waals surface area contributed by atoms with Gasteiger partial charge >= 0.3 is 0 Å². The molecule has 0 radical (unpaired) electrons. The predicted molar refractivity (Wildman–Crippen MR) is 94.8 cm³/mol. The lowest BCUT2D eigenvalue weighted by molar-refractivity contribution is 0.0935. The summed E-state index contributed by atoms with van der Waals surface area (Å²) in [6, 6.07) is 9.12. The molecule has 4 rings (SSSR count). The van der Waals surface area contributed by atoms with E-state index in [1.807, 2.05) is 4.57 Å². The second kappa shape index (κ2) is 6.64. The number of hydrogen-bond donors (Lipinski definition) is 2. The maximum atomic E-state index is 12.8. The molecular formula is C19H19N5O2. The van der Waals surface area contributed by atoms with Gasteiger partial charge in [0, 0.05) is 12.6 Å². The number of nitrogens with one attached hydrogen (secondary N) is 2. The van der Waals surface area contributed by atoms with E-state index in [2.05, 4.69) is 21.7 Å². The van der Waals surface area contributed by atoms with Gasteiger partial charge in [-0.25, -0.2) is 4.98 Å². The largest absolute Gasteiger partial charge is 0.347 e. The first-order valence-corrected chi connectivity index (χ1v) is 8.88. The number of nitriles is 1. The molecule has 1 aromatic carbocycles. The number of imidazole rings is 1. The first-order valence-electron chi connectivity index (χ1n) is 8.88. The van der Waals surface area contributed by atoms with Crippen LogP contribution in [0.2, 0.25) is 0 Å². The average molecular weight is 349 g/mol. The van der Waals surface area contributed by atoms with Crippen LogP contribution in [0.25, 0.3) is 0 Å². The van der Waals surface area contributed by atoms with E-state index in [1.54, 1.807) is 24.3 Å². The topological polar surface area (TPSA) is 99.8 Å². The van der Waals surface area contributed by atoms with Crippen molar-refractivity contribution in [1.82, 2.24) is 14.9 Å². The first-order chi connectivity index (χ1) is 12.7. The number of hydrogen-bond acceptors (Lipinski definition) is 4. The van der Waals surface area contributed by atoms with Crippen LogP contribution >= 0.6 is 0 Å². The Hall–Kier alpha value is -3.14. The van der Waals surface area contributed by atoms with E-state index in [9.17, 15) is 14.9 Å². The number of carbonyl (C=O) groups is 2. The van der Waals surface area contributed by atoms with Gasteiger partial charge in [-0.3, -0.25) is 9.59 Å². The van der Waals surface area contributed by atoms with Crippen LogP contribution in [-0.2, 0) is 13.0 Å². The third-order valence-electron chi connectivity index (χ3n) is 4.74. The normalized spacial score (nSPS) is 15.7. The zero-order valence-corrected chi connectivity index (χ0v) is 14.3. The highest BCUT2D eigenvalue weighted by Crippen LogP contribution is 2.24. The number of benzene rings is 1. The third-order valence-corrected chi connectivity index (χ3v) is 4.74. The van der Waals surface area contributed by atoms with Crippen LogP contribution in [-0.4, -0.2) is 27.4 Å². The first kappa shape index (κ1) is 16.3. The van der Waals surface area contributed by atoms with Crippen LogP contribution in [0, 0.1) is 11.3 Å². The molecule has 1 aromatic heterocycles. The third kappa shape index (κ3) is 3.06. The molecule has 2 aliphatic rings. The minimum absolute atomic E-state index is 0.216. The molecule has 2 aromatic rings. The van der Waals surface area contributed by atoms with Crippen molar-refractivity contribution in [3.8, 4) is 6.07 Å². The average Bonchev–Trinajstić information content (AvgIpc) is 3.38. The van der Waals surface area contributed by atoms with Crippen molar-refractivity contribution in [2.45, 2.75) is 44.7 Å². The SMILES string of the molecule is N#Cc1ccccc1NC(=O)c1nc(C(=O)NC2CC2)n2c1CCCC2. The maximum Gasteiger partial charge on any atom is 0.287 e. The van der Waals surface area contributed by atoms with E-state index in [1.165, 1.54) is 0 Å². The second-order valence-corrected chi connectivity index (χ2v) is 6.70. The van der Waals surface area contributed by atoms with Gasteiger partial charge in [0.15, 0.2) is 11.5 Å². The van der Waals surface area contributed by atoms with Crippen LogP contribution in [0.15, 0.2) is 24.3 Å². The second-order valence-electron chi connectivity index (χ2n) is 6.70. The Morgan fingerprint density at radius 1 is 1.19 bits per heavy atom. The molecule has 0 atom stereocenters. The van der Waals surface area contributed by atoms with Crippen molar-refractivity contribution < 1.29 is 9.59 Å². The van der Waals surface area contributed by atoms with Crippen molar-refractivity contribution in [2.24, 2.45) is 0 Å². The van der Waals surface area contributed by atoms with Crippen molar-refractivity contribution in [3.63, 3.8) is 0 Å². The molecule has 0 saturated heterocycles. The highest BCUT2D eigenvalue weighted by molar-refractivity contribution is 6.05. The minimum atomic E-state index is -0.385. The molecule has 2 N–H and O–H groups in total. The minimum Gasteiger partial charge on any atom is -0.347 e. The van der Waals surface area contributed by atoms with E-state index in [4.69, 9.17) is 0 Å². The van der Waals surface area contributed by atoms with Crippen molar-refractivity contribution in [1.29, 1.82) is 5.26 Å². The Labute approximate surface area is 151 Å². The molecule has 132 valence electrons. The van der Waals surface area contributed by atoms with E-state index >= 15 is 0 Å². The number of para-hydroxylation sites is 1. The van der Waals surface area contributed by atoms with Gasteiger partial charge < -0.3 is 15.2 Å². The van der Waals surface area contributed by atoms with Gasteiger partial charge in [0.2, 0.25) is 0 Å².